The zero-order chi connectivity index (χ0) is 13.2. The van der Waals surface area contributed by atoms with Crippen molar-refractivity contribution in [2.24, 2.45) is 0 Å². The number of likely N-dealkylation sites (tertiary alicyclic amines) is 1. The normalized spacial score (nSPS) is 16.8. The van der Waals surface area contributed by atoms with Crippen LogP contribution in [0.1, 0.15) is 0 Å². The van der Waals surface area contributed by atoms with Gasteiger partial charge < -0.3 is 14.7 Å². The second-order valence-electron chi connectivity index (χ2n) is 4.01. The van der Waals surface area contributed by atoms with E-state index in [0.717, 1.165) is 0 Å². The van der Waals surface area contributed by atoms with Gasteiger partial charge in [-0.2, -0.15) is 5.10 Å². The molecule has 0 atom stereocenters. The molecule has 1 aliphatic rings. The summed E-state index contributed by atoms with van der Waals surface area (Å²) < 4.78 is 6.19. The minimum absolute atomic E-state index is 0.0417. The average Bonchev–Trinajstić information content (AvgIpc) is 2.78. The van der Waals surface area contributed by atoms with Crippen molar-refractivity contribution in [1.29, 1.82) is 0 Å². The Morgan fingerprint density at radius 2 is 2.28 bits per heavy atom. The van der Waals surface area contributed by atoms with Crippen molar-refractivity contribution in [2.45, 2.75) is 5.54 Å². The van der Waals surface area contributed by atoms with Crippen LogP contribution in [-0.4, -0.2) is 51.5 Å². The SMILES string of the molecule is C=CCOC(=O)N1CC(C(=O)O)(n2cccn2)C1. The van der Waals surface area contributed by atoms with Gasteiger partial charge in [0.1, 0.15) is 6.61 Å². The van der Waals surface area contributed by atoms with E-state index in [-0.39, 0.29) is 19.7 Å². The molecule has 7 nitrogen and oxygen atoms in total. The first-order valence-corrected chi connectivity index (χ1v) is 5.36. The maximum Gasteiger partial charge on any atom is 0.410 e. The quantitative estimate of drug-likeness (QED) is 0.778. The van der Waals surface area contributed by atoms with E-state index in [1.807, 2.05) is 0 Å². The number of carbonyl (C=O) groups is 2. The van der Waals surface area contributed by atoms with Crippen molar-refractivity contribution >= 4 is 12.1 Å². The molecule has 1 amide bonds. The van der Waals surface area contributed by atoms with Crippen LogP contribution in [0.25, 0.3) is 0 Å². The Kier molecular flexibility index (Phi) is 3.05. The number of rotatable bonds is 4. The number of amides is 1. The Hall–Kier alpha value is -2.31. The van der Waals surface area contributed by atoms with Crippen molar-refractivity contribution in [2.75, 3.05) is 19.7 Å². The Morgan fingerprint density at radius 3 is 2.78 bits per heavy atom. The number of hydrogen-bond acceptors (Lipinski definition) is 4. The number of nitrogens with zero attached hydrogens (tertiary/aromatic N) is 3. The Balaban J connectivity index is 2.05. The van der Waals surface area contributed by atoms with Crippen LogP contribution < -0.4 is 0 Å². The first kappa shape index (κ1) is 12.2. The smallest absolute Gasteiger partial charge is 0.410 e. The summed E-state index contributed by atoms with van der Waals surface area (Å²) in [6, 6.07) is 1.64. The molecule has 0 spiro atoms. The predicted molar refractivity (Wildman–Crippen MR) is 61.0 cm³/mol. The highest BCUT2D eigenvalue weighted by Crippen LogP contribution is 2.29. The lowest BCUT2D eigenvalue weighted by molar-refractivity contribution is -0.157. The summed E-state index contributed by atoms with van der Waals surface area (Å²) >= 11 is 0. The van der Waals surface area contributed by atoms with Crippen LogP contribution in [0, 0.1) is 0 Å². The first-order chi connectivity index (χ1) is 8.60. The molecule has 7 heteroatoms. The number of carboxylic acid groups (broad SMARTS) is 1. The third-order valence-corrected chi connectivity index (χ3v) is 2.83. The van der Waals surface area contributed by atoms with Gasteiger partial charge in [-0.15, -0.1) is 0 Å². The van der Waals surface area contributed by atoms with E-state index >= 15 is 0 Å². The zero-order valence-electron chi connectivity index (χ0n) is 9.65. The van der Waals surface area contributed by atoms with Gasteiger partial charge in [0, 0.05) is 12.4 Å². The van der Waals surface area contributed by atoms with Gasteiger partial charge in [0.05, 0.1) is 13.1 Å². The fourth-order valence-corrected chi connectivity index (χ4v) is 1.84. The topological polar surface area (TPSA) is 84.7 Å². The van der Waals surface area contributed by atoms with E-state index in [1.54, 1.807) is 12.3 Å². The minimum Gasteiger partial charge on any atom is -0.479 e. The minimum atomic E-state index is -1.18. The lowest BCUT2D eigenvalue weighted by Crippen LogP contribution is -2.68. The maximum absolute atomic E-state index is 11.5. The van der Waals surface area contributed by atoms with Crippen LogP contribution >= 0.6 is 0 Å². The molecule has 2 heterocycles. The molecule has 0 saturated carbocycles. The molecule has 0 radical (unpaired) electrons. The van der Waals surface area contributed by atoms with Crippen molar-refractivity contribution in [3.05, 3.63) is 31.1 Å². The largest absolute Gasteiger partial charge is 0.479 e. The van der Waals surface area contributed by atoms with E-state index < -0.39 is 17.6 Å². The van der Waals surface area contributed by atoms with Gasteiger partial charge in [-0.1, -0.05) is 12.7 Å². The van der Waals surface area contributed by atoms with Gasteiger partial charge >= 0.3 is 12.1 Å². The molecule has 1 aromatic heterocycles. The van der Waals surface area contributed by atoms with Crippen molar-refractivity contribution in [1.82, 2.24) is 14.7 Å². The van der Waals surface area contributed by atoms with Crippen LogP contribution in [-0.2, 0) is 15.1 Å². The summed E-state index contributed by atoms with van der Waals surface area (Å²) in [5, 5.41) is 13.2. The molecule has 1 aliphatic heterocycles. The third kappa shape index (κ3) is 1.83. The second-order valence-corrected chi connectivity index (χ2v) is 4.01. The van der Waals surface area contributed by atoms with Crippen LogP contribution in [0.5, 0.6) is 0 Å². The van der Waals surface area contributed by atoms with Crippen molar-refractivity contribution in [3.8, 4) is 0 Å². The molecule has 1 fully saturated rings. The molecule has 2 rings (SSSR count). The van der Waals surface area contributed by atoms with E-state index in [0.29, 0.717) is 0 Å². The molecule has 1 N–H and O–H groups in total. The molecule has 0 unspecified atom stereocenters. The number of carboxylic acids is 1. The lowest BCUT2D eigenvalue weighted by atomic mass is 9.90. The molecule has 18 heavy (non-hydrogen) atoms. The van der Waals surface area contributed by atoms with Gasteiger partial charge in [0.2, 0.25) is 0 Å². The molecule has 96 valence electrons. The highest BCUT2D eigenvalue weighted by atomic mass is 16.6. The summed E-state index contributed by atoms with van der Waals surface area (Å²) in [5.74, 6) is -1.01. The van der Waals surface area contributed by atoms with Gasteiger partial charge in [-0.3, -0.25) is 4.68 Å². The lowest BCUT2D eigenvalue weighted by Gasteiger charge is -2.45. The standard InChI is InChI=1S/C11H13N3O4/c1-2-6-18-10(17)13-7-11(8-13,9(15)16)14-5-3-4-12-14/h2-5H,1,6-8H2,(H,15,16). The first-order valence-electron chi connectivity index (χ1n) is 5.36. The summed E-state index contributed by atoms with van der Waals surface area (Å²) in [4.78, 5) is 24.1. The zero-order valence-corrected chi connectivity index (χ0v) is 9.65. The molecular weight excluding hydrogens is 238 g/mol. The molecule has 0 aliphatic carbocycles. The number of carbonyl (C=O) groups excluding carboxylic acids is 1. The molecule has 0 aromatic carbocycles. The van der Waals surface area contributed by atoms with Gasteiger partial charge in [0.25, 0.3) is 0 Å². The highest BCUT2D eigenvalue weighted by molar-refractivity contribution is 5.82. The van der Waals surface area contributed by atoms with Gasteiger partial charge in [0.15, 0.2) is 5.54 Å². The van der Waals surface area contributed by atoms with Crippen molar-refractivity contribution < 1.29 is 19.4 Å². The van der Waals surface area contributed by atoms with E-state index in [2.05, 4.69) is 11.7 Å². The number of hydrogen-bond donors (Lipinski definition) is 1. The number of ether oxygens (including phenoxy) is 1. The molecule has 0 bridgehead atoms. The highest BCUT2D eigenvalue weighted by Gasteiger charge is 2.54. The summed E-state index contributed by atoms with van der Waals surface area (Å²) in [5.41, 5.74) is -1.18. The molecule has 1 saturated heterocycles. The fourth-order valence-electron chi connectivity index (χ4n) is 1.84. The second kappa shape index (κ2) is 4.52. The van der Waals surface area contributed by atoms with Crippen LogP contribution in [0.4, 0.5) is 4.79 Å². The summed E-state index contributed by atoms with van der Waals surface area (Å²) in [6.45, 7) is 3.62. The molecule has 1 aromatic rings. The van der Waals surface area contributed by atoms with E-state index in [9.17, 15) is 14.7 Å². The van der Waals surface area contributed by atoms with Crippen LogP contribution in [0.3, 0.4) is 0 Å². The van der Waals surface area contributed by atoms with E-state index in [1.165, 1.54) is 21.9 Å². The Labute approximate surface area is 103 Å². The average molecular weight is 251 g/mol. The third-order valence-electron chi connectivity index (χ3n) is 2.83. The van der Waals surface area contributed by atoms with E-state index in [4.69, 9.17) is 4.74 Å². The van der Waals surface area contributed by atoms with Gasteiger partial charge in [-0.25, -0.2) is 9.59 Å². The maximum atomic E-state index is 11.5. The number of aromatic nitrogens is 2. The van der Waals surface area contributed by atoms with Gasteiger partial charge in [-0.05, 0) is 6.07 Å². The van der Waals surface area contributed by atoms with Crippen LogP contribution in [0.2, 0.25) is 0 Å². The van der Waals surface area contributed by atoms with Crippen molar-refractivity contribution in [3.63, 3.8) is 0 Å². The Morgan fingerprint density at radius 1 is 1.56 bits per heavy atom. The summed E-state index contributed by atoms with van der Waals surface area (Å²) in [6.07, 6.45) is 3.98. The van der Waals surface area contributed by atoms with Crippen LogP contribution in [0.15, 0.2) is 31.1 Å². The summed E-state index contributed by atoms with van der Waals surface area (Å²) in [7, 11) is 0. The molecular formula is C11H13N3O4. The fraction of sp³-hybridized carbons (Fsp3) is 0.364. The monoisotopic (exact) mass is 251 g/mol. The Bertz CT molecular complexity index is 463. The number of aliphatic carboxylic acids is 1. The predicted octanol–water partition coefficient (Wildman–Crippen LogP) is 0.301.